The van der Waals surface area contributed by atoms with E-state index in [2.05, 4.69) is 4.74 Å². The topological polar surface area (TPSA) is 46.5 Å². The number of rotatable bonds is 2. The van der Waals surface area contributed by atoms with Crippen LogP contribution in [0.15, 0.2) is 24.3 Å². The summed E-state index contributed by atoms with van der Waals surface area (Å²) in [5.41, 5.74) is 0.907. The number of carboxylic acid groups (broad SMARTS) is 1. The Kier molecular flexibility index (Phi) is 2.90. The predicted molar refractivity (Wildman–Crippen MR) is 49.2 cm³/mol. The minimum atomic E-state index is -1.27. The SMILES string of the molecule is CC(C)c1ccccc1OC(=O)O. The fourth-order valence-electron chi connectivity index (χ4n) is 1.14. The number of hydrogen-bond acceptors (Lipinski definition) is 2. The summed E-state index contributed by atoms with van der Waals surface area (Å²) < 4.78 is 4.62. The van der Waals surface area contributed by atoms with Gasteiger partial charge in [0.2, 0.25) is 0 Å². The van der Waals surface area contributed by atoms with E-state index < -0.39 is 6.16 Å². The molecule has 1 N–H and O–H groups in total. The van der Waals surface area contributed by atoms with Gasteiger partial charge in [-0.25, -0.2) is 4.79 Å². The Bertz CT molecular complexity index is 305. The molecule has 0 saturated heterocycles. The number of carbonyl (C=O) groups is 1. The van der Waals surface area contributed by atoms with E-state index in [1.165, 1.54) is 0 Å². The van der Waals surface area contributed by atoms with Crippen LogP contribution in [0.4, 0.5) is 4.79 Å². The second kappa shape index (κ2) is 3.94. The van der Waals surface area contributed by atoms with Gasteiger partial charge in [-0.05, 0) is 17.5 Å². The minimum absolute atomic E-state index is 0.260. The largest absolute Gasteiger partial charge is 0.511 e. The van der Waals surface area contributed by atoms with Gasteiger partial charge in [-0.3, -0.25) is 0 Å². The highest BCUT2D eigenvalue weighted by Gasteiger charge is 2.09. The Balaban J connectivity index is 2.97. The van der Waals surface area contributed by atoms with Crippen molar-refractivity contribution >= 4 is 6.16 Å². The molecule has 0 spiro atoms. The molecule has 13 heavy (non-hydrogen) atoms. The van der Waals surface area contributed by atoms with Crippen molar-refractivity contribution in [1.82, 2.24) is 0 Å². The van der Waals surface area contributed by atoms with Crippen molar-refractivity contribution in [2.75, 3.05) is 0 Å². The van der Waals surface area contributed by atoms with Gasteiger partial charge in [-0.15, -0.1) is 0 Å². The van der Waals surface area contributed by atoms with E-state index >= 15 is 0 Å². The first kappa shape index (κ1) is 9.58. The summed E-state index contributed by atoms with van der Waals surface area (Å²) in [7, 11) is 0. The van der Waals surface area contributed by atoms with Gasteiger partial charge in [0.15, 0.2) is 0 Å². The Morgan fingerprint density at radius 3 is 2.54 bits per heavy atom. The Labute approximate surface area is 77.0 Å². The molecule has 0 aliphatic heterocycles. The lowest BCUT2D eigenvalue weighted by atomic mass is 10.0. The maximum atomic E-state index is 10.3. The van der Waals surface area contributed by atoms with Crippen LogP contribution in [0.25, 0.3) is 0 Å². The van der Waals surface area contributed by atoms with Crippen LogP contribution in [0.3, 0.4) is 0 Å². The molecule has 3 nitrogen and oxygen atoms in total. The lowest BCUT2D eigenvalue weighted by Gasteiger charge is -2.09. The molecule has 0 fully saturated rings. The summed E-state index contributed by atoms with van der Waals surface area (Å²) in [4.78, 5) is 10.3. The molecule has 0 radical (unpaired) electrons. The fraction of sp³-hybridized carbons (Fsp3) is 0.300. The molecule has 0 aromatic heterocycles. The zero-order valence-electron chi connectivity index (χ0n) is 7.65. The smallest absolute Gasteiger partial charge is 0.449 e. The van der Waals surface area contributed by atoms with Crippen molar-refractivity contribution in [2.24, 2.45) is 0 Å². The van der Waals surface area contributed by atoms with Crippen molar-refractivity contribution in [3.63, 3.8) is 0 Å². The summed E-state index contributed by atoms with van der Waals surface area (Å²) in [6.45, 7) is 3.98. The number of benzene rings is 1. The van der Waals surface area contributed by atoms with Crippen LogP contribution in [0, 0.1) is 0 Å². The third-order valence-electron chi connectivity index (χ3n) is 1.74. The maximum absolute atomic E-state index is 10.3. The summed E-state index contributed by atoms with van der Waals surface area (Å²) >= 11 is 0. The van der Waals surface area contributed by atoms with E-state index in [9.17, 15) is 4.79 Å². The lowest BCUT2D eigenvalue weighted by Crippen LogP contribution is -2.05. The van der Waals surface area contributed by atoms with Gasteiger partial charge >= 0.3 is 6.16 Å². The van der Waals surface area contributed by atoms with Crippen molar-refractivity contribution in [3.8, 4) is 5.75 Å². The molecule has 1 aromatic carbocycles. The van der Waals surface area contributed by atoms with Crippen LogP contribution >= 0.6 is 0 Å². The molecule has 3 heteroatoms. The number of hydrogen-bond donors (Lipinski definition) is 1. The van der Waals surface area contributed by atoms with E-state index in [4.69, 9.17) is 5.11 Å². The first-order valence-corrected chi connectivity index (χ1v) is 4.11. The van der Waals surface area contributed by atoms with Crippen LogP contribution in [0.1, 0.15) is 25.3 Å². The summed E-state index contributed by atoms with van der Waals surface area (Å²) in [5.74, 6) is 0.681. The monoisotopic (exact) mass is 180 g/mol. The molecule has 0 amide bonds. The molecule has 1 aromatic rings. The number of para-hydroxylation sites is 1. The van der Waals surface area contributed by atoms with E-state index in [-0.39, 0.29) is 5.92 Å². The molecule has 0 heterocycles. The highest BCUT2D eigenvalue weighted by atomic mass is 16.7. The molecule has 0 saturated carbocycles. The van der Waals surface area contributed by atoms with E-state index in [0.717, 1.165) is 5.56 Å². The van der Waals surface area contributed by atoms with Crippen LogP contribution < -0.4 is 4.74 Å². The van der Waals surface area contributed by atoms with Gasteiger partial charge in [0.1, 0.15) is 5.75 Å². The Morgan fingerprint density at radius 2 is 2.00 bits per heavy atom. The Hall–Kier alpha value is -1.51. The van der Waals surface area contributed by atoms with E-state index in [0.29, 0.717) is 5.75 Å². The molecule has 1 rings (SSSR count). The average molecular weight is 180 g/mol. The zero-order valence-corrected chi connectivity index (χ0v) is 7.65. The molecule has 0 aliphatic rings. The fourth-order valence-corrected chi connectivity index (χ4v) is 1.14. The van der Waals surface area contributed by atoms with Crippen LogP contribution in [-0.4, -0.2) is 11.3 Å². The van der Waals surface area contributed by atoms with E-state index in [1.807, 2.05) is 26.0 Å². The highest BCUT2D eigenvalue weighted by Crippen LogP contribution is 2.25. The highest BCUT2D eigenvalue weighted by molar-refractivity contribution is 5.62. The molecular formula is C10H12O3. The minimum Gasteiger partial charge on any atom is -0.449 e. The number of ether oxygens (including phenoxy) is 1. The first-order chi connectivity index (χ1) is 6.11. The summed E-state index contributed by atoms with van der Waals surface area (Å²) in [5, 5.41) is 8.45. The van der Waals surface area contributed by atoms with Gasteiger partial charge in [0, 0.05) is 0 Å². The van der Waals surface area contributed by atoms with Gasteiger partial charge in [0.25, 0.3) is 0 Å². The second-order valence-corrected chi connectivity index (χ2v) is 3.06. The molecule has 0 aliphatic carbocycles. The van der Waals surface area contributed by atoms with Gasteiger partial charge in [-0.1, -0.05) is 32.0 Å². The predicted octanol–water partition coefficient (Wildman–Crippen LogP) is 2.87. The first-order valence-electron chi connectivity index (χ1n) is 4.11. The molecule has 0 unspecified atom stereocenters. The zero-order chi connectivity index (χ0) is 9.84. The van der Waals surface area contributed by atoms with Crippen LogP contribution in [0.5, 0.6) is 5.75 Å². The average Bonchev–Trinajstić information content (AvgIpc) is 2.03. The third kappa shape index (κ3) is 2.47. The normalized spacial score (nSPS) is 10.1. The van der Waals surface area contributed by atoms with Crippen molar-refractivity contribution in [3.05, 3.63) is 29.8 Å². The van der Waals surface area contributed by atoms with Crippen molar-refractivity contribution in [2.45, 2.75) is 19.8 Å². The van der Waals surface area contributed by atoms with Gasteiger partial charge in [-0.2, -0.15) is 0 Å². The van der Waals surface area contributed by atoms with E-state index in [1.54, 1.807) is 12.1 Å². The second-order valence-electron chi connectivity index (χ2n) is 3.06. The summed E-state index contributed by atoms with van der Waals surface area (Å²) in [6.07, 6.45) is -1.27. The quantitative estimate of drug-likeness (QED) is 0.562. The molecule has 70 valence electrons. The molecule has 0 bridgehead atoms. The maximum Gasteiger partial charge on any atom is 0.511 e. The van der Waals surface area contributed by atoms with Crippen molar-refractivity contribution in [1.29, 1.82) is 0 Å². The Morgan fingerprint density at radius 1 is 1.38 bits per heavy atom. The lowest BCUT2D eigenvalue weighted by molar-refractivity contribution is 0.144. The molecule has 0 atom stereocenters. The molecular weight excluding hydrogens is 168 g/mol. The standard InChI is InChI=1S/C10H12O3/c1-7(2)8-5-3-4-6-9(8)13-10(11)12/h3-7H,1-2H3,(H,11,12). The summed E-state index contributed by atoms with van der Waals surface area (Å²) in [6, 6.07) is 7.14. The third-order valence-corrected chi connectivity index (χ3v) is 1.74. The van der Waals surface area contributed by atoms with Gasteiger partial charge in [0.05, 0.1) is 0 Å². The van der Waals surface area contributed by atoms with Gasteiger partial charge < -0.3 is 9.84 Å². The van der Waals surface area contributed by atoms with Crippen LogP contribution in [-0.2, 0) is 0 Å². The van der Waals surface area contributed by atoms with Crippen molar-refractivity contribution < 1.29 is 14.6 Å². The van der Waals surface area contributed by atoms with Crippen LogP contribution in [0.2, 0.25) is 0 Å².